The number of nitrogens with one attached hydrogen (secondary N) is 2. The number of anilines is 1. The molecule has 8 nitrogen and oxygen atoms in total. The first-order valence-corrected chi connectivity index (χ1v) is 10.4. The molecule has 162 valence electrons. The molecule has 1 aliphatic heterocycles. The summed E-state index contributed by atoms with van der Waals surface area (Å²) in [7, 11) is 0. The second kappa shape index (κ2) is 9.73. The number of benzene rings is 1. The normalized spacial score (nSPS) is 19.1. The van der Waals surface area contributed by atoms with Crippen LogP contribution in [0.2, 0.25) is 0 Å². The lowest BCUT2D eigenvalue weighted by molar-refractivity contribution is -0.152. The van der Waals surface area contributed by atoms with Crippen molar-refractivity contribution >= 4 is 29.4 Å². The van der Waals surface area contributed by atoms with E-state index in [1.54, 1.807) is 4.90 Å². The van der Waals surface area contributed by atoms with Crippen molar-refractivity contribution in [3.05, 3.63) is 29.3 Å². The van der Waals surface area contributed by atoms with Crippen LogP contribution >= 0.6 is 0 Å². The van der Waals surface area contributed by atoms with E-state index in [0.29, 0.717) is 6.54 Å². The van der Waals surface area contributed by atoms with Gasteiger partial charge in [-0.2, -0.15) is 0 Å². The number of nitrogens with zero attached hydrogens (tertiary/aromatic N) is 1. The third-order valence-corrected chi connectivity index (χ3v) is 5.79. The molecule has 1 saturated heterocycles. The van der Waals surface area contributed by atoms with Crippen molar-refractivity contribution in [3.63, 3.8) is 0 Å². The molecular formula is C22H29N3O5. The zero-order valence-electron chi connectivity index (χ0n) is 17.5. The fourth-order valence-electron chi connectivity index (χ4n) is 4.14. The zero-order chi connectivity index (χ0) is 21.7. The van der Waals surface area contributed by atoms with E-state index >= 15 is 0 Å². The maximum atomic E-state index is 12.2. The molecule has 1 heterocycles. The van der Waals surface area contributed by atoms with Crippen LogP contribution in [-0.4, -0.2) is 54.3 Å². The van der Waals surface area contributed by atoms with Crippen molar-refractivity contribution in [2.24, 2.45) is 5.92 Å². The van der Waals surface area contributed by atoms with Gasteiger partial charge in [0.05, 0.1) is 12.5 Å². The maximum absolute atomic E-state index is 12.2. The quantitative estimate of drug-likeness (QED) is 0.660. The van der Waals surface area contributed by atoms with Crippen molar-refractivity contribution in [1.29, 1.82) is 0 Å². The fourth-order valence-corrected chi connectivity index (χ4v) is 4.14. The number of esters is 1. The average molecular weight is 415 g/mol. The number of carbonyl (C=O) groups is 4. The fraction of sp³-hybridized carbons (Fsp3) is 0.545. The lowest BCUT2D eigenvalue weighted by Crippen LogP contribution is -2.37. The number of likely N-dealkylation sites (tertiary alicyclic amines) is 1. The summed E-state index contributed by atoms with van der Waals surface area (Å²) < 4.78 is 5.07. The topological polar surface area (TPSA) is 105 Å². The second-order valence-corrected chi connectivity index (χ2v) is 8.08. The van der Waals surface area contributed by atoms with E-state index in [-0.39, 0.29) is 30.8 Å². The van der Waals surface area contributed by atoms with Crippen LogP contribution in [0.15, 0.2) is 18.2 Å². The highest BCUT2D eigenvalue weighted by molar-refractivity contribution is 5.96. The molecule has 2 fully saturated rings. The highest BCUT2D eigenvalue weighted by atomic mass is 16.5. The van der Waals surface area contributed by atoms with Crippen LogP contribution in [0.1, 0.15) is 43.2 Å². The minimum Gasteiger partial charge on any atom is -0.455 e. The van der Waals surface area contributed by atoms with Gasteiger partial charge in [-0.1, -0.05) is 31.0 Å². The Morgan fingerprint density at radius 3 is 2.43 bits per heavy atom. The molecule has 8 heteroatoms. The summed E-state index contributed by atoms with van der Waals surface area (Å²) in [5, 5.41) is 5.22. The van der Waals surface area contributed by atoms with E-state index in [1.165, 1.54) is 0 Å². The van der Waals surface area contributed by atoms with E-state index in [1.807, 2.05) is 32.0 Å². The van der Waals surface area contributed by atoms with Gasteiger partial charge in [-0.3, -0.25) is 19.2 Å². The summed E-state index contributed by atoms with van der Waals surface area (Å²) in [5.41, 5.74) is 2.59. The number of ether oxygens (including phenoxy) is 1. The van der Waals surface area contributed by atoms with Gasteiger partial charge >= 0.3 is 5.97 Å². The first kappa shape index (κ1) is 21.8. The molecule has 3 amide bonds. The van der Waals surface area contributed by atoms with Gasteiger partial charge in [0.25, 0.3) is 5.91 Å². The highest BCUT2D eigenvalue weighted by Gasteiger charge is 2.39. The van der Waals surface area contributed by atoms with Crippen molar-refractivity contribution in [2.45, 2.75) is 52.0 Å². The lowest BCUT2D eigenvalue weighted by Gasteiger charge is -2.23. The molecule has 30 heavy (non-hydrogen) atoms. The van der Waals surface area contributed by atoms with Gasteiger partial charge in [-0.05, 0) is 37.8 Å². The third-order valence-electron chi connectivity index (χ3n) is 5.79. The maximum Gasteiger partial charge on any atom is 0.311 e. The molecule has 2 aliphatic rings. The summed E-state index contributed by atoms with van der Waals surface area (Å²) in [6.45, 7) is 3.46. The number of hydrogen-bond acceptors (Lipinski definition) is 5. The van der Waals surface area contributed by atoms with E-state index in [0.717, 1.165) is 42.5 Å². The molecule has 0 bridgehead atoms. The average Bonchev–Trinajstić information content (AvgIpc) is 3.37. The zero-order valence-corrected chi connectivity index (χ0v) is 17.5. The van der Waals surface area contributed by atoms with Crippen LogP contribution in [0.5, 0.6) is 0 Å². The molecule has 1 saturated carbocycles. The number of para-hydroxylation sites is 1. The van der Waals surface area contributed by atoms with Gasteiger partial charge < -0.3 is 20.3 Å². The molecule has 1 atom stereocenters. The first-order valence-electron chi connectivity index (χ1n) is 10.4. The smallest absolute Gasteiger partial charge is 0.311 e. The molecule has 1 aromatic carbocycles. The van der Waals surface area contributed by atoms with E-state index in [4.69, 9.17) is 4.74 Å². The molecule has 0 spiro atoms. The molecule has 0 radical (unpaired) electrons. The Hall–Kier alpha value is -2.90. The Morgan fingerprint density at radius 2 is 1.77 bits per heavy atom. The van der Waals surface area contributed by atoms with Crippen molar-refractivity contribution in [3.8, 4) is 0 Å². The molecular weight excluding hydrogens is 386 g/mol. The Balaban J connectivity index is 1.38. The molecule has 1 aromatic rings. The van der Waals surface area contributed by atoms with Crippen molar-refractivity contribution in [1.82, 2.24) is 10.2 Å². The molecule has 3 rings (SSSR count). The van der Waals surface area contributed by atoms with E-state index < -0.39 is 24.4 Å². The van der Waals surface area contributed by atoms with Gasteiger partial charge in [0.15, 0.2) is 6.61 Å². The van der Waals surface area contributed by atoms with E-state index in [2.05, 4.69) is 10.6 Å². The molecule has 0 unspecified atom stereocenters. The monoisotopic (exact) mass is 415 g/mol. The summed E-state index contributed by atoms with van der Waals surface area (Å²) in [6, 6.07) is 5.92. The van der Waals surface area contributed by atoms with Crippen molar-refractivity contribution in [2.75, 3.05) is 25.0 Å². The van der Waals surface area contributed by atoms with Crippen molar-refractivity contribution < 1.29 is 23.9 Å². The first-order chi connectivity index (χ1) is 14.3. The number of hydrogen-bond donors (Lipinski definition) is 2. The van der Waals surface area contributed by atoms with Gasteiger partial charge in [0, 0.05) is 24.7 Å². The Bertz CT molecular complexity index is 812. The predicted octanol–water partition coefficient (Wildman–Crippen LogP) is 1.69. The van der Waals surface area contributed by atoms with Gasteiger partial charge in [0.1, 0.15) is 0 Å². The van der Waals surface area contributed by atoms with Crippen LogP contribution < -0.4 is 10.6 Å². The number of carbonyl (C=O) groups excluding carboxylic acids is 4. The van der Waals surface area contributed by atoms with Crippen LogP contribution in [-0.2, 0) is 23.9 Å². The predicted molar refractivity (Wildman–Crippen MR) is 111 cm³/mol. The lowest BCUT2D eigenvalue weighted by atomic mass is 10.1. The minimum atomic E-state index is -0.558. The minimum absolute atomic E-state index is 0.0172. The van der Waals surface area contributed by atoms with Gasteiger partial charge in [-0.25, -0.2) is 0 Å². The van der Waals surface area contributed by atoms with Crippen LogP contribution in [0.3, 0.4) is 0 Å². The number of rotatable bonds is 7. The molecule has 2 N–H and O–H groups in total. The number of amides is 3. The third kappa shape index (κ3) is 5.37. The highest BCUT2D eigenvalue weighted by Crippen LogP contribution is 2.29. The second-order valence-electron chi connectivity index (χ2n) is 8.08. The molecule has 0 aromatic heterocycles. The summed E-state index contributed by atoms with van der Waals surface area (Å²) >= 11 is 0. The number of aryl methyl sites for hydroxylation is 2. The Kier molecular flexibility index (Phi) is 7.07. The Labute approximate surface area is 176 Å². The largest absolute Gasteiger partial charge is 0.455 e. The van der Waals surface area contributed by atoms with Crippen LogP contribution in [0.4, 0.5) is 5.69 Å². The summed E-state index contributed by atoms with van der Waals surface area (Å²) in [5.74, 6) is -2.01. The standard InChI is InChI=1S/C22H29N3O5/c1-14-6-5-7-15(2)21(14)24-18(26)11-23-19(27)13-30-22(29)16-10-20(28)25(12-16)17-8-3-4-9-17/h5-7,16-17H,3-4,8-13H2,1-2H3,(H,23,27)(H,24,26)/t16-/m0/s1. The molecule has 1 aliphatic carbocycles. The SMILES string of the molecule is Cc1cccc(C)c1NC(=O)CNC(=O)COC(=O)[C@H]1CC(=O)N(C2CCCC2)C1. The Morgan fingerprint density at radius 1 is 1.10 bits per heavy atom. The van der Waals surface area contributed by atoms with Gasteiger partial charge in [0.2, 0.25) is 11.8 Å². The van der Waals surface area contributed by atoms with E-state index in [9.17, 15) is 19.2 Å². The summed E-state index contributed by atoms with van der Waals surface area (Å²) in [6.07, 6.45) is 4.33. The van der Waals surface area contributed by atoms with Gasteiger partial charge in [-0.15, -0.1) is 0 Å². The van der Waals surface area contributed by atoms with Crippen LogP contribution in [0, 0.1) is 19.8 Å². The summed E-state index contributed by atoms with van der Waals surface area (Å²) in [4.78, 5) is 50.3. The van der Waals surface area contributed by atoms with Crippen LogP contribution in [0.25, 0.3) is 0 Å².